The van der Waals surface area contributed by atoms with Crippen molar-refractivity contribution >= 4 is 40.9 Å². The second kappa shape index (κ2) is 7.95. The van der Waals surface area contributed by atoms with Crippen LogP contribution < -0.4 is 5.73 Å². The predicted octanol–water partition coefficient (Wildman–Crippen LogP) is 5.18. The van der Waals surface area contributed by atoms with Crippen molar-refractivity contribution < 1.29 is 9.32 Å². The van der Waals surface area contributed by atoms with Gasteiger partial charge in [-0.3, -0.25) is 4.79 Å². The van der Waals surface area contributed by atoms with Crippen LogP contribution in [0.15, 0.2) is 53.1 Å². The SMILES string of the molecule is NC(=O)c1ccc(CSCc2cc(-c3ccc(Cl)cc3Cl)no2)cc1. The zero-order valence-corrected chi connectivity index (χ0v) is 15.4. The first-order chi connectivity index (χ1) is 12.0. The van der Waals surface area contributed by atoms with E-state index in [0.717, 1.165) is 22.6 Å². The molecule has 0 unspecified atom stereocenters. The molecule has 0 saturated heterocycles. The Balaban J connectivity index is 1.59. The summed E-state index contributed by atoms with van der Waals surface area (Å²) in [6.07, 6.45) is 0. The lowest BCUT2D eigenvalue weighted by molar-refractivity contribution is 0.100. The standard InChI is InChI=1S/C18H14Cl2N2O2S/c19-13-5-6-15(16(20)7-13)17-8-14(24-22-17)10-25-9-11-1-3-12(4-2-11)18(21)23/h1-8H,9-10H2,(H2,21,23). The van der Waals surface area contributed by atoms with Crippen molar-refractivity contribution in [2.24, 2.45) is 5.73 Å². The Bertz CT molecular complexity index is 894. The van der Waals surface area contributed by atoms with E-state index in [0.29, 0.717) is 27.1 Å². The van der Waals surface area contributed by atoms with Gasteiger partial charge in [0.2, 0.25) is 5.91 Å². The van der Waals surface area contributed by atoms with Crippen LogP contribution in [-0.4, -0.2) is 11.1 Å². The first-order valence-electron chi connectivity index (χ1n) is 7.40. The maximum atomic E-state index is 11.1. The molecule has 128 valence electrons. The number of aromatic nitrogens is 1. The van der Waals surface area contributed by atoms with Crippen LogP contribution in [0, 0.1) is 0 Å². The van der Waals surface area contributed by atoms with Crippen LogP contribution >= 0.6 is 35.0 Å². The number of nitrogens with zero attached hydrogens (tertiary/aromatic N) is 1. The summed E-state index contributed by atoms with van der Waals surface area (Å²) in [6, 6.07) is 14.4. The molecule has 0 atom stereocenters. The van der Waals surface area contributed by atoms with E-state index in [1.54, 1.807) is 36.0 Å². The number of nitrogens with two attached hydrogens (primary N) is 1. The summed E-state index contributed by atoms with van der Waals surface area (Å²) in [5, 5.41) is 5.18. The van der Waals surface area contributed by atoms with E-state index in [1.165, 1.54) is 0 Å². The highest BCUT2D eigenvalue weighted by Gasteiger charge is 2.10. The van der Waals surface area contributed by atoms with Gasteiger partial charge in [0.15, 0.2) is 0 Å². The molecule has 0 aliphatic rings. The normalized spacial score (nSPS) is 10.8. The summed E-state index contributed by atoms with van der Waals surface area (Å²) in [5.41, 5.74) is 8.31. The van der Waals surface area contributed by atoms with Crippen molar-refractivity contribution in [2.45, 2.75) is 11.5 Å². The average Bonchev–Trinajstić information content (AvgIpc) is 3.04. The molecule has 2 N–H and O–H groups in total. The quantitative estimate of drug-likeness (QED) is 0.627. The Hall–Kier alpha value is -1.95. The minimum Gasteiger partial charge on any atom is -0.366 e. The third kappa shape index (κ3) is 4.57. The van der Waals surface area contributed by atoms with Gasteiger partial charge in [-0.2, -0.15) is 0 Å². The van der Waals surface area contributed by atoms with Crippen LogP contribution in [0.3, 0.4) is 0 Å². The van der Waals surface area contributed by atoms with Crippen LogP contribution in [0.5, 0.6) is 0 Å². The van der Waals surface area contributed by atoms with Gasteiger partial charge < -0.3 is 10.3 Å². The van der Waals surface area contributed by atoms with E-state index in [4.69, 9.17) is 33.5 Å². The first-order valence-corrected chi connectivity index (χ1v) is 9.31. The van der Waals surface area contributed by atoms with Gasteiger partial charge in [0.25, 0.3) is 0 Å². The minimum atomic E-state index is -0.422. The summed E-state index contributed by atoms with van der Waals surface area (Å²) in [4.78, 5) is 11.1. The first kappa shape index (κ1) is 17.9. The summed E-state index contributed by atoms with van der Waals surface area (Å²) >= 11 is 13.8. The number of carbonyl (C=O) groups is 1. The topological polar surface area (TPSA) is 69.1 Å². The Morgan fingerprint density at radius 2 is 1.84 bits per heavy atom. The van der Waals surface area contributed by atoms with Gasteiger partial charge >= 0.3 is 0 Å². The van der Waals surface area contributed by atoms with Crippen molar-refractivity contribution in [3.63, 3.8) is 0 Å². The number of carbonyl (C=O) groups excluding carboxylic acids is 1. The molecule has 1 amide bonds. The van der Waals surface area contributed by atoms with E-state index in [1.807, 2.05) is 24.3 Å². The highest BCUT2D eigenvalue weighted by atomic mass is 35.5. The third-order valence-electron chi connectivity index (χ3n) is 3.52. The van der Waals surface area contributed by atoms with Gasteiger partial charge in [0.1, 0.15) is 11.5 Å². The van der Waals surface area contributed by atoms with E-state index in [2.05, 4.69) is 5.16 Å². The largest absolute Gasteiger partial charge is 0.366 e. The summed E-state index contributed by atoms with van der Waals surface area (Å²) in [5.74, 6) is 1.81. The maximum absolute atomic E-state index is 11.1. The molecule has 1 heterocycles. The number of amides is 1. The Morgan fingerprint density at radius 1 is 1.08 bits per heavy atom. The molecule has 4 nitrogen and oxygen atoms in total. The number of rotatable bonds is 6. The highest BCUT2D eigenvalue weighted by molar-refractivity contribution is 7.97. The van der Waals surface area contributed by atoms with Crippen LogP contribution in [0.1, 0.15) is 21.7 Å². The zero-order valence-electron chi connectivity index (χ0n) is 13.0. The third-order valence-corrected chi connectivity index (χ3v) is 5.09. The number of halogens is 2. The van der Waals surface area contributed by atoms with E-state index in [-0.39, 0.29) is 0 Å². The fourth-order valence-corrected chi connectivity index (χ4v) is 3.61. The van der Waals surface area contributed by atoms with Gasteiger partial charge in [-0.15, -0.1) is 11.8 Å². The summed E-state index contributed by atoms with van der Waals surface area (Å²) in [6.45, 7) is 0. The second-order valence-electron chi connectivity index (χ2n) is 5.36. The molecule has 0 bridgehead atoms. The van der Waals surface area contributed by atoms with Crippen LogP contribution in [0.25, 0.3) is 11.3 Å². The maximum Gasteiger partial charge on any atom is 0.248 e. The molecule has 0 radical (unpaired) electrons. The predicted molar refractivity (Wildman–Crippen MR) is 102 cm³/mol. The number of hydrogen-bond donors (Lipinski definition) is 1. The Morgan fingerprint density at radius 3 is 2.52 bits per heavy atom. The molecule has 0 aliphatic carbocycles. The molecule has 0 spiro atoms. The number of primary amides is 1. The second-order valence-corrected chi connectivity index (χ2v) is 7.19. The molecule has 1 aromatic heterocycles. The van der Waals surface area contributed by atoms with Crippen molar-refractivity contribution in [3.05, 3.63) is 75.5 Å². The summed E-state index contributed by atoms with van der Waals surface area (Å²) < 4.78 is 5.37. The van der Waals surface area contributed by atoms with Gasteiger partial charge in [0, 0.05) is 28.0 Å². The molecular formula is C18H14Cl2N2O2S. The van der Waals surface area contributed by atoms with Crippen molar-refractivity contribution in [3.8, 4) is 11.3 Å². The van der Waals surface area contributed by atoms with Crippen LogP contribution in [0.2, 0.25) is 10.0 Å². The summed E-state index contributed by atoms with van der Waals surface area (Å²) in [7, 11) is 0. The zero-order chi connectivity index (χ0) is 17.8. The molecule has 25 heavy (non-hydrogen) atoms. The van der Waals surface area contributed by atoms with Crippen molar-refractivity contribution in [2.75, 3.05) is 0 Å². The van der Waals surface area contributed by atoms with Crippen LogP contribution in [0.4, 0.5) is 0 Å². The molecule has 0 saturated carbocycles. The Labute approximate surface area is 159 Å². The average molecular weight is 393 g/mol. The lowest BCUT2D eigenvalue weighted by Gasteiger charge is -2.01. The van der Waals surface area contributed by atoms with Gasteiger partial charge in [0.05, 0.1) is 10.8 Å². The number of hydrogen-bond acceptors (Lipinski definition) is 4. The minimum absolute atomic E-state index is 0.422. The molecule has 2 aromatic carbocycles. The molecule has 3 aromatic rings. The smallest absolute Gasteiger partial charge is 0.248 e. The van der Waals surface area contributed by atoms with E-state index < -0.39 is 5.91 Å². The van der Waals surface area contributed by atoms with Crippen LogP contribution in [-0.2, 0) is 11.5 Å². The van der Waals surface area contributed by atoms with Crippen molar-refractivity contribution in [1.82, 2.24) is 5.16 Å². The van der Waals surface area contributed by atoms with Gasteiger partial charge in [-0.1, -0.05) is 40.5 Å². The van der Waals surface area contributed by atoms with Crippen molar-refractivity contribution in [1.29, 1.82) is 0 Å². The molecule has 3 rings (SSSR count). The molecule has 0 aliphatic heterocycles. The molecule has 7 heteroatoms. The van der Waals surface area contributed by atoms with Gasteiger partial charge in [-0.25, -0.2) is 0 Å². The molecule has 0 fully saturated rings. The Kier molecular flexibility index (Phi) is 5.68. The molecular weight excluding hydrogens is 379 g/mol. The number of benzene rings is 2. The fraction of sp³-hybridized carbons (Fsp3) is 0.111. The van der Waals surface area contributed by atoms with E-state index >= 15 is 0 Å². The van der Waals surface area contributed by atoms with Gasteiger partial charge in [-0.05, 0) is 35.9 Å². The lowest BCUT2D eigenvalue weighted by Crippen LogP contribution is -2.10. The fourth-order valence-electron chi connectivity index (χ4n) is 2.24. The lowest BCUT2D eigenvalue weighted by atomic mass is 10.1. The monoisotopic (exact) mass is 392 g/mol. The number of thioether (sulfide) groups is 1. The highest BCUT2D eigenvalue weighted by Crippen LogP contribution is 2.30. The van der Waals surface area contributed by atoms with E-state index in [9.17, 15) is 4.79 Å².